The number of carbonyl (C=O) groups is 2. The second-order valence-corrected chi connectivity index (χ2v) is 9.49. The molecule has 1 aliphatic rings. The standard InChI is InChI=1S/C27H28Cl2N4O5/c28-19-5-3-6-20(29)24(19)26(34)32-21(27(35)36)15-17-8-10-18(11-9-17)37-14-2-1-12-30-23-16-38-22-7-4-13-31-25(22)33-23/h3-11,13,21,23,30H,1-2,12,14-16H2,(H,31,33)(H,32,34)(H,35,36). The monoisotopic (exact) mass is 558 g/mol. The van der Waals surface area contributed by atoms with E-state index < -0.39 is 17.9 Å². The van der Waals surface area contributed by atoms with Crippen LogP contribution in [-0.4, -0.2) is 53.9 Å². The zero-order chi connectivity index (χ0) is 26.9. The third kappa shape index (κ3) is 7.50. The Balaban J connectivity index is 1.17. The van der Waals surface area contributed by atoms with Gasteiger partial charge < -0.3 is 25.2 Å². The van der Waals surface area contributed by atoms with E-state index in [4.69, 9.17) is 32.7 Å². The maximum Gasteiger partial charge on any atom is 0.326 e. The number of amides is 1. The smallest absolute Gasteiger partial charge is 0.326 e. The van der Waals surface area contributed by atoms with E-state index in [0.29, 0.717) is 19.0 Å². The molecule has 2 atom stereocenters. The van der Waals surface area contributed by atoms with Crippen LogP contribution in [0.2, 0.25) is 10.0 Å². The molecule has 2 aromatic carbocycles. The summed E-state index contributed by atoms with van der Waals surface area (Å²) in [6, 6.07) is 14.4. The Bertz CT molecular complexity index is 1240. The van der Waals surface area contributed by atoms with Crippen LogP contribution in [0.25, 0.3) is 0 Å². The zero-order valence-corrected chi connectivity index (χ0v) is 22.0. The van der Waals surface area contributed by atoms with Crippen LogP contribution in [0.4, 0.5) is 5.82 Å². The first-order valence-electron chi connectivity index (χ1n) is 12.2. The summed E-state index contributed by atoms with van der Waals surface area (Å²) in [6.07, 6.45) is 3.60. The van der Waals surface area contributed by atoms with Gasteiger partial charge in [0.25, 0.3) is 5.91 Å². The molecule has 9 nitrogen and oxygen atoms in total. The number of carbonyl (C=O) groups excluding carboxylic acids is 1. The zero-order valence-electron chi connectivity index (χ0n) is 20.5. The van der Waals surface area contributed by atoms with Gasteiger partial charge >= 0.3 is 5.97 Å². The molecule has 0 bridgehead atoms. The van der Waals surface area contributed by atoms with Crippen molar-refractivity contribution >= 4 is 40.9 Å². The topological polar surface area (TPSA) is 122 Å². The van der Waals surface area contributed by atoms with Crippen molar-refractivity contribution in [1.82, 2.24) is 15.6 Å². The molecule has 0 aliphatic carbocycles. The van der Waals surface area contributed by atoms with Crippen molar-refractivity contribution in [2.45, 2.75) is 31.5 Å². The number of pyridine rings is 1. The minimum absolute atomic E-state index is 0.00643. The summed E-state index contributed by atoms with van der Waals surface area (Å²) in [6.45, 7) is 1.88. The predicted octanol–water partition coefficient (Wildman–Crippen LogP) is 4.39. The number of hydrogen-bond donors (Lipinski definition) is 4. The molecule has 2 unspecified atom stereocenters. The molecule has 0 fully saturated rings. The fourth-order valence-corrected chi connectivity index (χ4v) is 4.47. The lowest BCUT2D eigenvalue weighted by atomic mass is 10.1. The number of aliphatic carboxylic acids is 1. The summed E-state index contributed by atoms with van der Waals surface area (Å²) in [4.78, 5) is 28.6. The molecule has 1 amide bonds. The van der Waals surface area contributed by atoms with Gasteiger partial charge in [0.2, 0.25) is 0 Å². The molecule has 4 rings (SSSR count). The van der Waals surface area contributed by atoms with E-state index in [0.717, 1.165) is 36.5 Å². The molecular weight excluding hydrogens is 531 g/mol. The Morgan fingerprint density at radius 2 is 1.87 bits per heavy atom. The van der Waals surface area contributed by atoms with Gasteiger partial charge in [0.1, 0.15) is 24.6 Å². The van der Waals surface area contributed by atoms with Gasteiger partial charge in [-0.15, -0.1) is 0 Å². The second-order valence-electron chi connectivity index (χ2n) is 8.68. The minimum Gasteiger partial charge on any atom is -0.494 e. The van der Waals surface area contributed by atoms with E-state index >= 15 is 0 Å². The van der Waals surface area contributed by atoms with Crippen LogP contribution in [-0.2, 0) is 11.2 Å². The number of nitrogens with one attached hydrogen (secondary N) is 3. The maximum atomic E-state index is 12.6. The summed E-state index contributed by atoms with van der Waals surface area (Å²) in [5.74, 6) is 0.382. The van der Waals surface area contributed by atoms with Crippen molar-refractivity contribution in [3.8, 4) is 11.5 Å². The van der Waals surface area contributed by atoms with E-state index in [2.05, 4.69) is 20.9 Å². The van der Waals surface area contributed by atoms with E-state index in [1.807, 2.05) is 12.1 Å². The van der Waals surface area contributed by atoms with E-state index in [9.17, 15) is 14.7 Å². The number of hydrogen-bond acceptors (Lipinski definition) is 7. The average molecular weight is 559 g/mol. The first kappa shape index (κ1) is 27.5. The third-order valence-electron chi connectivity index (χ3n) is 5.87. The van der Waals surface area contributed by atoms with E-state index in [-0.39, 0.29) is 28.2 Å². The molecule has 3 aromatic rings. The van der Waals surface area contributed by atoms with Crippen molar-refractivity contribution in [3.63, 3.8) is 0 Å². The second kappa shape index (κ2) is 13.3. The average Bonchev–Trinajstić information content (AvgIpc) is 2.91. The highest BCUT2D eigenvalue weighted by atomic mass is 35.5. The van der Waals surface area contributed by atoms with Crippen molar-refractivity contribution < 1.29 is 24.2 Å². The number of halogens is 2. The van der Waals surface area contributed by atoms with Crippen LogP contribution in [0, 0.1) is 0 Å². The van der Waals surface area contributed by atoms with Gasteiger partial charge in [-0.2, -0.15) is 0 Å². The molecule has 1 aliphatic heterocycles. The molecule has 200 valence electrons. The quantitative estimate of drug-likeness (QED) is 0.241. The van der Waals surface area contributed by atoms with Crippen LogP contribution >= 0.6 is 23.2 Å². The molecular formula is C27H28Cl2N4O5. The number of carboxylic acid groups (broad SMARTS) is 1. The molecule has 4 N–H and O–H groups in total. The number of anilines is 1. The van der Waals surface area contributed by atoms with Crippen molar-refractivity contribution in [2.75, 3.05) is 25.1 Å². The van der Waals surface area contributed by atoms with Gasteiger partial charge in [-0.25, -0.2) is 9.78 Å². The lowest BCUT2D eigenvalue weighted by Gasteiger charge is -2.27. The van der Waals surface area contributed by atoms with Crippen LogP contribution in [0.15, 0.2) is 60.8 Å². The Morgan fingerprint density at radius 3 is 2.61 bits per heavy atom. The van der Waals surface area contributed by atoms with Gasteiger partial charge in [0.05, 0.1) is 22.2 Å². The summed E-state index contributed by atoms with van der Waals surface area (Å²) in [5.41, 5.74) is 0.782. The van der Waals surface area contributed by atoms with E-state index in [1.165, 1.54) is 12.1 Å². The van der Waals surface area contributed by atoms with E-state index in [1.54, 1.807) is 36.5 Å². The number of aromatic nitrogens is 1. The Morgan fingerprint density at radius 1 is 1.11 bits per heavy atom. The summed E-state index contributed by atoms with van der Waals surface area (Å²) >= 11 is 12.1. The number of ether oxygens (including phenoxy) is 2. The Labute approximate surface area is 230 Å². The SMILES string of the molecule is O=C(NC(Cc1ccc(OCCCCNC2COc3cccnc3N2)cc1)C(=O)O)c1c(Cl)cccc1Cl. The van der Waals surface area contributed by atoms with Crippen LogP contribution in [0.1, 0.15) is 28.8 Å². The third-order valence-corrected chi connectivity index (χ3v) is 6.50. The highest BCUT2D eigenvalue weighted by molar-refractivity contribution is 6.39. The fraction of sp³-hybridized carbons (Fsp3) is 0.296. The molecule has 2 heterocycles. The van der Waals surface area contributed by atoms with Gasteiger partial charge in [0.15, 0.2) is 11.6 Å². The minimum atomic E-state index is -1.16. The van der Waals surface area contributed by atoms with Gasteiger partial charge in [-0.1, -0.05) is 41.4 Å². The number of fused-ring (bicyclic) bond motifs is 1. The van der Waals surface area contributed by atoms with Crippen molar-refractivity contribution in [2.24, 2.45) is 0 Å². The molecule has 0 radical (unpaired) electrons. The lowest BCUT2D eigenvalue weighted by Crippen LogP contribution is -2.44. The molecule has 0 saturated heterocycles. The number of rotatable bonds is 12. The van der Waals surface area contributed by atoms with Crippen LogP contribution < -0.4 is 25.4 Å². The van der Waals surface area contributed by atoms with Gasteiger partial charge in [0, 0.05) is 12.6 Å². The fourth-order valence-electron chi connectivity index (χ4n) is 3.90. The van der Waals surface area contributed by atoms with Crippen molar-refractivity contribution in [1.29, 1.82) is 0 Å². The van der Waals surface area contributed by atoms with Crippen molar-refractivity contribution in [3.05, 3.63) is 82.0 Å². The maximum absolute atomic E-state index is 12.6. The van der Waals surface area contributed by atoms with Crippen LogP contribution in [0.3, 0.4) is 0 Å². The number of nitrogens with zero attached hydrogens (tertiary/aromatic N) is 1. The highest BCUT2D eigenvalue weighted by Gasteiger charge is 2.24. The summed E-state index contributed by atoms with van der Waals surface area (Å²) < 4.78 is 11.5. The normalized spacial score (nSPS) is 14.9. The predicted molar refractivity (Wildman–Crippen MR) is 145 cm³/mol. The lowest BCUT2D eigenvalue weighted by molar-refractivity contribution is -0.139. The van der Waals surface area contributed by atoms with Gasteiger partial charge in [-0.3, -0.25) is 10.1 Å². The highest BCUT2D eigenvalue weighted by Crippen LogP contribution is 2.25. The largest absolute Gasteiger partial charge is 0.494 e. The summed E-state index contributed by atoms with van der Waals surface area (Å²) in [5, 5.41) is 19.1. The first-order chi connectivity index (χ1) is 18.4. The number of unbranched alkanes of at least 4 members (excludes halogenated alkanes) is 1. The molecule has 0 saturated carbocycles. The molecule has 38 heavy (non-hydrogen) atoms. The Hall–Kier alpha value is -3.53. The number of benzene rings is 2. The van der Waals surface area contributed by atoms with Crippen LogP contribution in [0.5, 0.6) is 11.5 Å². The molecule has 11 heteroatoms. The summed E-state index contributed by atoms with van der Waals surface area (Å²) in [7, 11) is 0. The number of carboxylic acids is 1. The van der Waals surface area contributed by atoms with Gasteiger partial charge in [-0.05, 0) is 61.3 Å². The molecule has 1 aromatic heterocycles. The Kier molecular flexibility index (Phi) is 9.64. The molecule has 0 spiro atoms. The first-order valence-corrected chi connectivity index (χ1v) is 12.9.